The summed E-state index contributed by atoms with van der Waals surface area (Å²) >= 11 is 0. The first-order valence-electron chi connectivity index (χ1n) is 12.1. The van der Waals surface area contributed by atoms with Gasteiger partial charge in [-0.1, -0.05) is 54.1 Å². The van der Waals surface area contributed by atoms with Crippen LogP contribution in [0, 0.1) is 18.3 Å². The Morgan fingerprint density at radius 2 is 1.24 bits per heavy atom. The molecule has 2 aromatic heterocycles. The summed E-state index contributed by atoms with van der Waals surface area (Å²) in [6.45, 7) is 2.03. The van der Waals surface area contributed by atoms with E-state index in [2.05, 4.69) is 47.0 Å². The van der Waals surface area contributed by atoms with E-state index in [1.807, 2.05) is 83.7 Å². The van der Waals surface area contributed by atoms with Gasteiger partial charge in [0.05, 0.1) is 38.6 Å². The van der Waals surface area contributed by atoms with Crippen molar-refractivity contribution < 1.29 is 4.21 Å². The number of hydrogen-bond acceptors (Lipinski definition) is 2. The van der Waals surface area contributed by atoms with Gasteiger partial charge in [-0.05, 0) is 67.6 Å². The fourth-order valence-corrected chi connectivity index (χ4v) is 6.58. The summed E-state index contributed by atoms with van der Waals surface area (Å²) in [5.74, 6) is 0. The van der Waals surface area contributed by atoms with E-state index in [1.54, 1.807) is 0 Å². The highest BCUT2D eigenvalue weighted by molar-refractivity contribution is 7.84. The molecule has 0 radical (unpaired) electrons. The predicted octanol–water partition coefficient (Wildman–Crippen LogP) is 7.64. The van der Waals surface area contributed by atoms with Gasteiger partial charge in [0.2, 0.25) is 0 Å². The van der Waals surface area contributed by atoms with Crippen molar-refractivity contribution >= 4 is 54.6 Å². The number of rotatable bonds is 3. The van der Waals surface area contributed by atoms with Crippen molar-refractivity contribution in [2.75, 3.05) is 0 Å². The quantitative estimate of drug-likeness (QED) is 0.253. The maximum Gasteiger partial charge on any atom is 0.157 e. The minimum absolute atomic E-state index is 0.646. The summed E-state index contributed by atoms with van der Waals surface area (Å²) in [6.07, 6.45) is 0. The maximum atomic E-state index is 13.8. The topological polar surface area (TPSA) is 50.7 Å². The van der Waals surface area contributed by atoms with Crippen LogP contribution in [0.25, 0.3) is 49.3 Å². The van der Waals surface area contributed by atoms with Crippen LogP contribution in [0.2, 0.25) is 0 Å². The second-order valence-electron chi connectivity index (χ2n) is 9.27. The molecule has 1 unspecified atom stereocenters. The Morgan fingerprint density at radius 3 is 2.00 bits per heavy atom. The van der Waals surface area contributed by atoms with Gasteiger partial charge < -0.3 is 4.57 Å². The minimum Gasteiger partial charge on any atom is -0.309 e. The van der Waals surface area contributed by atoms with Crippen LogP contribution in [0.4, 0.5) is 0 Å². The first kappa shape index (κ1) is 21.6. The molecule has 0 saturated carbocycles. The molecule has 7 aromatic rings. The van der Waals surface area contributed by atoms with Crippen LogP contribution < -0.4 is 0 Å². The van der Waals surface area contributed by atoms with E-state index in [0.29, 0.717) is 5.56 Å². The molecule has 0 amide bonds. The van der Waals surface area contributed by atoms with E-state index in [-0.39, 0.29) is 0 Å². The summed E-state index contributed by atoms with van der Waals surface area (Å²) in [5, 5.41) is 13.7. The summed E-state index contributed by atoms with van der Waals surface area (Å²) in [7, 11) is -1.39. The third kappa shape index (κ3) is 3.23. The normalized spacial score (nSPS) is 12.4. The molecule has 176 valence electrons. The Bertz CT molecular complexity index is 2070. The number of fused-ring (bicyclic) bond motifs is 6. The molecule has 7 rings (SSSR count). The van der Waals surface area contributed by atoms with Crippen molar-refractivity contribution in [1.82, 2.24) is 8.54 Å². The lowest BCUT2D eigenvalue weighted by atomic mass is 10.1. The van der Waals surface area contributed by atoms with Gasteiger partial charge in [-0.2, -0.15) is 5.26 Å². The highest BCUT2D eigenvalue weighted by Crippen LogP contribution is 2.36. The second-order valence-corrected chi connectivity index (χ2v) is 10.6. The van der Waals surface area contributed by atoms with Gasteiger partial charge in [0.1, 0.15) is 0 Å². The first-order chi connectivity index (χ1) is 18.1. The van der Waals surface area contributed by atoms with Gasteiger partial charge in [0, 0.05) is 27.2 Å². The van der Waals surface area contributed by atoms with Crippen molar-refractivity contribution in [3.63, 3.8) is 0 Å². The van der Waals surface area contributed by atoms with Crippen LogP contribution in [0.5, 0.6) is 0 Å². The van der Waals surface area contributed by atoms with Crippen molar-refractivity contribution in [1.29, 1.82) is 5.26 Å². The molecule has 0 aliphatic rings. The van der Waals surface area contributed by atoms with Crippen LogP contribution in [-0.4, -0.2) is 12.7 Å². The van der Waals surface area contributed by atoms with E-state index < -0.39 is 11.0 Å². The molecule has 5 aromatic carbocycles. The first-order valence-corrected chi connectivity index (χ1v) is 13.2. The molecule has 0 bridgehead atoms. The van der Waals surface area contributed by atoms with Gasteiger partial charge in [-0.3, -0.25) is 3.97 Å². The van der Waals surface area contributed by atoms with Crippen LogP contribution in [0.1, 0.15) is 11.1 Å². The van der Waals surface area contributed by atoms with Crippen molar-refractivity contribution in [2.45, 2.75) is 11.8 Å². The molecule has 0 fully saturated rings. The molecule has 4 nitrogen and oxygen atoms in total. The zero-order valence-electron chi connectivity index (χ0n) is 20.1. The summed E-state index contributed by atoms with van der Waals surface area (Å²) < 4.78 is 18.0. The fraction of sp³-hybridized carbons (Fsp3) is 0.0312. The number of benzene rings is 5. The lowest BCUT2D eigenvalue weighted by Crippen LogP contribution is -2.04. The number of para-hydroxylation sites is 2. The zero-order valence-corrected chi connectivity index (χ0v) is 20.9. The Labute approximate surface area is 216 Å². The summed E-state index contributed by atoms with van der Waals surface area (Å²) in [6, 6.07) is 38.8. The second kappa shape index (κ2) is 8.19. The average molecular weight is 496 g/mol. The molecule has 37 heavy (non-hydrogen) atoms. The van der Waals surface area contributed by atoms with Crippen LogP contribution in [-0.2, 0) is 11.0 Å². The zero-order chi connectivity index (χ0) is 25.1. The molecule has 1 atom stereocenters. The summed E-state index contributed by atoms with van der Waals surface area (Å²) in [4.78, 5) is 0.771. The number of nitrogens with zero attached hydrogens (tertiary/aromatic N) is 3. The Balaban J connectivity index is 1.51. The maximum absolute atomic E-state index is 13.8. The van der Waals surface area contributed by atoms with Crippen molar-refractivity contribution in [3.8, 4) is 11.8 Å². The van der Waals surface area contributed by atoms with Gasteiger partial charge in [-0.25, -0.2) is 4.21 Å². The van der Waals surface area contributed by atoms with Crippen LogP contribution in [0.3, 0.4) is 0 Å². The molecule has 0 N–H and O–H groups in total. The van der Waals surface area contributed by atoms with Gasteiger partial charge >= 0.3 is 0 Å². The Hall–Kier alpha value is -4.66. The number of aromatic nitrogens is 2. The lowest BCUT2D eigenvalue weighted by Gasteiger charge is -2.10. The molecule has 5 heteroatoms. The van der Waals surface area contributed by atoms with Crippen LogP contribution >= 0.6 is 0 Å². The van der Waals surface area contributed by atoms with Gasteiger partial charge in [0.25, 0.3) is 0 Å². The standard InChI is InChI=1S/C32H21N3OS/c1-21-10-14-24(15-11-21)37(36)35-31-9-5-3-7-26(31)28-19-23(13-17-32(28)35)34-29-8-4-2-6-25(29)27-18-22(20-33)12-16-30(27)34/h2-19H,1H3. The van der Waals surface area contributed by atoms with E-state index in [1.165, 1.54) is 0 Å². The minimum atomic E-state index is -1.39. The molecule has 0 saturated heterocycles. The van der Waals surface area contributed by atoms with Gasteiger partial charge in [0.15, 0.2) is 11.0 Å². The largest absolute Gasteiger partial charge is 0.309 e. The number of hydrogen-bond donors (Lipinski definition) is 0. The monoisotopic (exact) mass is 495 g/mol. The number of aryl methyl sites for hydroxylation is 1. The third-order valence-corrected chi connectivity index (χ3v) is 8.46. The molecule has 0 aliphatic carbocycles. The Kier molecular flexibility index (Phi) is 4.78. The van der Waals surface area contributed by atoms with Crippen molar-refractivity contribution in [2.24, 2.45) is 0 Å². The average Bonchev–Trinajstić information content (AvgIpc) is 3.45. The molecule has 0 aliphatic heterocycles. The lowest BCUT2D eigenvalue weighted by molar-refractivity contribution is 0.679. The SMILES string of the molecule is Cc1ccc(S(=O)n2c3ccccc3c3cc(-n4c5ccccc5c5cc(C#N)ccc54)ccc32)cc1. The Morgan fingerprint density at radius 1 is 0.649 bits per heavy atom. The van der Waals surface area contributed by atoms with E-state index in [4.69, 9.17) is 0 Å². The van der Waals surface area contributed by atoms with Crippen molar-refractivity contribution in [3.05, 3.63) is 120 Å². The molecular weight excluding hydrogens is 474 g/mol. The fourth-order valence-electron chi connectivity index (χ4n) is 5.32. The predicted molar refractivity (Wildman–Crippen MR) is 151 cm³/mol. The highest BCUT2D eigenvalue weighted by Gasteiger charge is 2.18. The van der Waals surface area contributed by atoms with E-state index in [0.717, 1.165) is 59.8 Å². The summed E-state index contributed by atoms with van der Waals surface area (Å²) in [5.41, 5.74) is 6.80. The van der Waals surface area contributed by atoms with Gasteiger partial charge in [-0.15, -0.1) is 0 Å². The third-order valence-electron chi connectivity index (χ3n) is 7.06. The molecule has 0 spiro atoms. The molecule has 2 heterocycles. The smallest absolute Gasteiger partial charge is 0.157 e. The van der Waals surface area contributed by atoms with E-state index in [9.17, 15) is 9.47 Å². The van der Waals surface area contributed by atoms with E-state index >= 15 is 0 Å². The highest BCUT2D eigenvalue weighted by atomic mass is 32.2. The number of nitriles is 1. The molecular formula is C32H21N3OS. The van der Waals surface area contributed by atoms with Crippen LogP contribution in [0.15, 0.2) is 114 Å².